The Kier molecular flexibility index (Phi) is 11.5. The first kappa shape index (κ1) is 35.2. The third-order valence-electron chi connectivity index (χ3n) is 7.53. The summed E-state index contributed by atoms with van der Waals surface area (Å²) in [6.45, 7) is 11.4. The van der Waals surface area contributed by atoms with Crippen LogP contribution in [0.3, 0.4) is 0 Å². The van der Waals surface area contributed by atoms with Crippen molar-refractivity contribution in [2.45, 2.75) is 71.0 Å². The molecule has 8 nitrogen and oxygen atoms in total. The van der Waals surface area contributed by atoms with Crippen LogP contribution in [0.1, 0.15) is 49.9 Å². The van der Waals surface area contributed by atoms with Gasteiger partial charge >= 0.3 is 0 Å². The lowest BCUT2D eigenvalue weighted by Crippen LogP contribution is -2.56. The Morgan fingerprint density at radius 3 is 2.04 bits per heavy atom. The van der Waals surface area contributed by atoms with Gasteiger partial charge in [-0.1, -0.05) is 77.9 Å². The molecule has 0 aliphatic rings. The minimum atomic E-state index is -4.19. The fourth-order valence-electron chi connectivity index (χ4n) is 5.26. The predicted octanol–water partition coefficient (Wildman–Crippen LogP) is 6.45. The summed E-state index contributed by atoms with van der Waals surface area (Å²) in [6.07, 6.45) is 0.244. The highest BCUT2D eigenvalue weighted by Gasteiger charge is 2.35. The second-order valence-corrected chi connectivity index (χ2v) is 14.6. The molecule has 9 heteroatoms. The van der Waals surface area contributed by atoms with Crippen molar-refractivity contribution in [3.05, 3.63) is 125 Å². The van der Waals surface area contributed by atoms with Crippen molar-refractivity contribution in [3.8, 4) is 5.75 Å². The SMILES string of the molecule is CCOc1ccc(N(CC(=O)N(Cc2cccc(C)c2)[C@H](Cc2ccccc2)C(=O)NC(C)(C)C)S(=O)(=O)c2ccc(C)cc2)cc1. The molecule has 0 radical (unpaired) electrons. The summed E-state index contributed by atoms with van der Waals surface area (Å²) in [5, 5.41) is 3.06. The molecule has 0 saturated heterocycles. The summed E-state index contributed by atoms with van der Waals surface area (Å²) in [5.74, 6) is -0.254. The smallest absolute Gasteiger partial charge is 0.264 e. The zero-order valence-corrected chi connectivity index (χ0v) is 28.9. The number of ether oxygens (including phenoxy) is 1. The standard InChI is InChI=1S/C38H45N3O5S/c1-7-46-33-20-18-32(19-21-33)41(47(44,45)34-22-16-28(2)17-23-34)27-36(42)40(26-31-15-11-12-29(3)24-31)35(37(43)39-38(4,5)6)25-30-13-9-8-10-14-30/h8-24,35H,7,25-27H2,1-6H3,(H,39,43)/t35-/m1/s1. The number of amides is 2. The molecule has 0 aromatic heterocycles. The molecule has 0 unspecified atom stereocenters. The number of sulfonamides is 1. The molecule has 0 heterocycles. The van der Waals surface area contributed by atoms with Crippen LogP contribution < -0.4 is 14.4 Å². The highest BCUT2D eigenvalue weighted by atomic mass is 32.2. The van der Waals surface area contributed by atoms with E-state index in [1.807, 2.05) is 96.1 Å². The molecule has 1 N–H and O–H groups in total. The van der Waals surface area contributed by atoms with E-state index in [4.69, 9.17) is 4.74 Å². The second kappa shape index (κ2) is 15.3. The van der Waals surface area contributed by atoms with Crippen LogP contribution in [0.15, 0.2) is 108 Å². The van der Waals surface area contributed by atoms with E-state index in [0.717, 1.165) is 26.6 Å². The fraction of sp³-hybridized carbons (Fsp3) is 0.316. The van der Waals surface area contributed by atoms with E-state index in [9.17, 15) is 18.0 Å². The molecule has 4 rings (SSSR count). The quantitative estimate of drug-likeness (QED) is 0.179. The first-order valence-electron chi connectivity index (χ1n) is 15.8. The van der Waals surface area contributed by atoms with E-state index in [1.165, 1.54) is 17.0 Å². The van der Waals surface area contributed by atoms with Crippen molar-refractivity contribution in [1.82, 2.24) is 10.2 Å². The highest BCUT2D eigenvalue weighted by Crippen LogP contribution is 2.27. The van der Waals surface area contributed by atoms with Crippen LogP contribution >= 0.6 is 0 Å². The average Bonchev–Trinajstić information content (AvgIpc) is 3.02. The molecule has 0 bridgehead atoms. The van der Waals surface area contributed by atoms with E-state index in [2.05, 4.69) is 5.32 Å². The number of aryl methyl sites for hydroxylation is 2. The van der Waals surface area contributed by atoms with Crippen LogP contribution in [-0.4, -0.2) is 49.9 Å². The van der Waals surface area contributed by atoms with E-state index in [-0.39, 0.29) is 23.8 Å². The molecule has 4 aromatic carbocycles. The lowest BCUT2D eigenvalue weighted by molar-refractivity contribution is -0.140. The van der Waals surface area contributed by atoms with Gasteiger partial charge in [0.25, 0.3) is 10.0 Å². The molecule has 0 fully saturated rings. The lowest BCUT2D eigenvalue weighted by atomic mass is 10.0. The summed E-state index contributed by atoms with van der Waals surface area (Å²) in [4.78, 5) is 30.2. The third-order valence-corrected chi connectivity index (χ3v) is 9.32. The zero-order chi connectivity index (χ0) is 34.2. The fourth-order valence-corrected chi connectivity index (χ4v) is 6.67. The molecule has 248 valence electrons. The number of rotatable bonds is 13. The number of nitrogens with one attached hydrogen (secondary N) is 1. The minimum absolute atomic E-state index is 0.0568. The molecule has 0 aliphatic carbocycles. The molecule has 4 aromatic rings. The molecular formula is C38H45N3O5S. The number of nitrogens with zero attached hydrogens (tertiary/aromatic N) is 2. The van der Waals surface area contributed by atoms with Gasteiger partial charge in [0.1, 0.15) is 18.3 Å². The van der Waals surface area contributed by atoms with Gasteiger partial charge in [0.15, 0.2) is 0 Å². The van der Waals surface area contributed by atoms with Gasteiger partial charge in [-0.25, -0.2) is 8.42 Å². The van der Waals surface area contributed by atoms with Crippen LogP contribution in [0.25, 0.3) is 0 Å². The summed E-state index contributed by atoms with van der Waals surface area (Å²) < 4.78 is 35.2. The number of carbonyl (C=O) groups is 2. The van der Waals surface area contributed by atoms with Crippen molar-refractivity contribution in [1.29, 1.82) is 0 Å². The Balaban J connectivity index is 1.82. The van der Waals surface area contributed by atoms with Crippen LogP contribution in [0.4, 0.5) is 5.69 Å². The molecule has 47 heavy (non-hydrogen) atoms. The maximum Gasteiger partial charge on any atom is 0.264 e. The van der Waals surface area contributed by atoms with Gasteiger partial charge in [-0.3, -0.25) is 13.9 Å². The molecule has 0 saturated carbocycles. The Labute approximate surface area is 279 Å². The van der Waals surface area contributed by atoms with E-state index >= 15 is 0 Å². The van der Waals surface area contributed by atoms with Crippen molar-refractivity contribution >= 4 is 27.5 Å². The highest BCUT2D eigenvalue weighted by molar-refractivity contribution is 7.92. The molecule has 0 aliphatic heterocycles. The maximum absolute atomic E-state index is 14.6. The van der Waals surface area contributed by atoms with Gasteiger partial charge < -0.3 is 15.0 Å². The van der Waals surface area contributed by atoms with Crippen LogP contribution in [0, 0.1) is 13.8 Å². The summed E-state index contributed by atoms with van der Waals surface area (Å²) >= 11 is 0. The Hall–Kier alpha value is -4.63. The van der Waals surface area contributed by atoms with Crippen LogP contribution in [-0.2, 0) is 32.6 Å². The number of carbonyl (C=O) groups excluding carboxylic acids is 2. The van der Waals surface area contributed by atoms with E-state index in [1.54, 1.807) is 36.4 Å². The first-order chi connectivity index (χ1) is 22.3. The number of anilines is 1. The van der Waals surface area contributed by atoms with Crippen molar-refractivity contribution in [3.63, 3.8) is 0 Å². The number of hydrogen-bond acceptors (Lipinski definition) is 5. The summed E-state index contributed by atoms with van der Waals surface area (Å²) in [5.41, 5.74) is 3.36. The van der Waals surface area contributed by atoms with Gasteiger partial charge in [-0.05, 0) is 89.1 Å². The molecule has 0 spiro atoms. The van der Waals surface area contributed by atoms with Crippen molar-refractivity contribution in [2.24, 2.45) is 0 Å². The van der Waals surface area contributed by atoms with Gasteiger partial charge in [0.05, 0.1) is 17.2 Å². The van der Waals surface area contributed by atoms with Gasteiger partial charge in [-0.15, -0.1) is 0 Å². The minimum Gasteiger partial charge on any atom is -0.494 e. The van der Waals surface area contributed by atoms with Crippen LogP contribution in [0.5, 0.6) is 5.75 Å². The lowest BCUT2D eigenvalue weighted by Gasteiger charge is -2.35. The Morgan fingerprint density at radius 1 is 0.809 bits per heavy atom. The van der Waals surface area contributed by atoms with Crippen molar-refractivity contribution < 1.29 is 22.7 Å². The summed E-state index contributed by atoms with van der Waals surface area (Å²) in [7, 11) is -4.19. The Morgan fingerprint density at radius 2 is 1.45 bits per heavy atom. The monoisotopic (exact) mass is 655 g/mol. The van der Waals surface area contributed by atoms with Gasteiger partial charge in [0.2, 0.25) is 11.8 Å². The molecule has 2 amide bonds. The van der Waals surface area contributed by atoms with Crippen LogP contribution in [0.2, 0.25) is 0 Å². The van der Waals surface area contributed by atoms with Crippen molar-refractivity contribution in [2.75, 3.05) is 17.5 Å². The normalized spacial score (nSPS) is 12.2. The zero-order valence-electron chi connectivity index (χ0n) is 28.1. The third kappa shape index (κ3) is 9.68. The average molecular weight is 656 g/mol. The second-order valence-electron chi connectivity index (χ2n) is 12.7. The molecular weight excluding hydrogens is 611 g/mol. The van der Waals surface area contributed by atoms with Gasteiger partial charge in [0, 0.05) is 18.5 Å². The number of hydrogen-bond donors (Lipinski definition) is 1. The largest absolute Gasteiger partial charge is 0.494 e. The number of benzene rings is 4. The van der Waals surface area contributed by atoms with E-state index < -0.39 is 34.1 Å². The Bertz CT molecular complexity index is 1750. The van der Waals surface area contributed by atoms with Gasteiger partial charge in [-0.2, -0.15) is 0 Å². The molecule has 1 atom stereocenters. The first-order valence-corrected chi connectivity index (χ1v) is 17.2. The maximum atomic E-state index is 14.6. The predicted molar refractivity (Wildman–Crippen MR) is 187 cm³/mol. The van der Waals surface area contributed by atoms with E-state index in [0.29, 0.717) is 18.0 Å². The topological polar surface area (TPSA) is 96.0 Å². The summed E-state index contributed by atoms with van der Waals surface area (Å²) in [6, 6.07) is 29.5.